The van der Waals surface area contributed by atoms with Gasteiger partial charge in [-0.25, -0.2) is 14.4 Å². The number of amides is 1. The number of ether oxygens (including phenoxy) is 1. The summed E-state index contributed by atoms with van der Waals surface area (Å²) in [4.78, 5) is 20.5. The van der Waals surface area contributed by atoms with Crippen molar-refractivity contribution in [1.29, 1.82) is 0 Å². The molecule has 2 aromatic carbocycles. The van der Waals surface area contributed by atoms with Crippen molar-refractivity contribution in [2.24, 2.45) is 0 Å². The highest BCUT2D eigenvalue weighted by atomic mass is 19.1. The number of halogens is 1. The summed E-state index contributed by atoms with van der Waals surface area (Å²) in [5.41, 5.74) is 2.20. The molecule has 2 N–H and O–H groups in total. The highest BCUT2D eigenvalue weighted by Gasteiger charge is 2.09. The van der Waals surface area contributed by atoms with E-state index >= 15 is 0 Å². The third-order valence-corrected chi connectivity index (χ3v) is 4.16. The van der Waals surface area contributed by atoms with Gasteiger partial charge in [-0.15, -0.1) is 0 Å². The molecule has 7 heteroatoms. The van der Waals surface area contributed by atoms with E-state index in [9.17, 15) is 9.18 Å². The number of para-hydroxylation sites is 1. The fourth-order valence-corrected chi connectivity index (χ4v) is 2.67. The first-order valence-corrected chi connectivity index (χ1v) is 8.86. The molecule has 3 aromatic rings. The summed E-state index contributed by atoms with van der Waals surface area (Å²) >= 11 is 0. The molecular formula is C21H21FN4O2. The molecule has 0 aliphatic heterocycles. The number of nitrogens with one attached hydrogen (secondary N) is 2. The number of carbonyl (C=O) groups excluding carboxylic acids is 1. The van der Waals surface area contributed by atoms with E-state index in [1.165, 1.54) is 18.5 Å². The first-order valence-electron chi connectivity index (χ1n) is 8.86. The molecule has 0 aliphatic rings. The molecule has 6 nitrogen and oxygen atoms in total. The first-order chi connectivity index (χ1) is 13.7. The van der Waals surface area contributed by atoms with Gasteiger partial charge in [0.1, 0.15) is 29.4 Å². The third-order valence-electron chi connectivity index (χ3n) is 4.16. The summed E-state index contributed by atoms with van der Waals surface area (Å²) in [6.45, 7) is 0.936. The SMILES string of the molecule is COc1ccccc1CNc1cc(C(=O)NCCc2ccc(F)cc2)ncn1. The summed E-state index contributed by atoms with van der Waals surface area (Å²) in [5.74, 6) is 0.763. The molecule has 144 valence electrons. The van der Waals surface area contributed by atoms with Crippen LogP contribution in [0.15, 0.2) is 60.9 Å². The van der Waals surface area contributed by atoms with Gasteiger partial charge in [0.05, 0.1) is 7.11 Å². The number of rotatable bonds is 8. The second-order valence-corrected chi connectivity index (χ2v) is 6.09. The highest BCUT2D eigenvalue weighted by Crippen LogP contribution is 2.18. The summed E-state index contributed by atoms with van der Waals surface area (Å²) < 4.78 is 18.2. The van der Waals surface area contributed by atoms with Gasteiger partial charge < -0.3 is 15.4 Å². The fourth-order valence-electron chi connectivity index (χ4n) is 2.67. The van der Waals surface area contributed by atoms with E-state index < -0.39 is 0 Å². The predicted octanol–water partition coefficient (Wildman–Crippen LogP) is 3.21. The molecule has 0 saturated carbocycles. The molecule has 1 heterocycles. The number of nitrogens with zero attached hydrogens (tertiary/aromatic N) is 2. The van der Waals surface area contributed by atoms with Crippen LogP contribution in [-0.4, -0.2) is 29.5 Å². The largest absolute Gasteiger partial charge is 0.496 e. The summed E-state index contributed by atoms with van der Waals surface area (Å²) in [6, 6.07) is 15.5. The minimum Gasteiger partial charge on any atom is -0.496 e. The normalized spacial score (nSPS) is 10.4. The number of aromatic nitrogens is 2. The molecule has 3 rings (SSSR count). The van der Waals surface area contributed by atoms with Crippen LogP contribution < -0.4 is 15.4 Å². The molecule has 1 amide bonds. The van der Waals surface area contributed by atoms with Gasteiger partial charge in [-0.1, -0.05) is 30.3 Å². The number of methoxy groups -OCH3 is 1. The Morgan fingerprint density at radius 3 is 2.68 bits per heavy atom. The van der Waals surface area contributed by atoms with Gasteiger partial charge in [-0.05, 0) is 30.2 Å². The van der Waals surface area contributed by atoms with Gasteiger partial charge in [0.15, 0.2) is 0 Å². The number of benzene rings is 2. The Hall–Kier alpha value is -3.48. The average Bonchev–Trinajstić information content (AvgIpc) is 2.74. The minimum absolute atomic E-state index is 0.275. The number of hydrogen-bond donors (Lipinski definition) is 2. The lowest BCUT2D eigenvalue weighted by molar-refractivity contribution is 0.0949. The van der Waals surface area contributed by atoms with Crippen molar-refractivity contribution in [3.8, 4) is 5.75 Å². The van der Waals surface area contributed by atoms with Crippen molar-refractivity contribution in [2.45, 2.75) is 13.0 Å². The minimum atomic E-state index is -0.287. The molecule has 0 unspecified atom stereocenters. The number of carbonyl (C=O) groups is 1. The molecule has 0 saturated heterocycles. The van der Waals surface area contributed by atoms with E-state index in [4.69, 9.17) is 4.74 Å². The maximum atomic E-state index is 12.9. The maximum Gasteiger partial charge on any atom is 0.270 e. The van der Waals surface area contributed by atoms with Gasteiger partial charge in [0.25, 0.3) is 5.91 Å². The van der Waals surface area contributed by atoms with Crippen LogP contribution in [0.4, 0.5) is 10.2 Å². The Labute approximate surface area is 162 Å². The number of hydrogen-bond acceptors (Lipinski definition) is 5. The van der Waals surface area contributed by atoms with E-state index in [2.05, 4.69) is 20.6 Å². The second-order valence-electron chi connectivity index (χ2n) is 6.09. The van der Waals surface area contributed by atoms with Gasteiger partial charge in [-0.2, -0.15) is 0 Å². The lowest BCUT2D eigenvalue weighted by Crippen LogP contribution is -2.26. The lowest BCUT2D eigenvalue weighted by Gasteiger charge is -2.10. The average molecular weight is 380 g/mol. The van der Waals surface area contributed by atoms with Gasteiger partial charge in [0.2, 0.25) is 0 Å². The molecule has 0 atom stereocenters. The van der Waals surface area contributed by atoms with Crippen LogP contribution in [-0.2, 0) is 13.0 Å². The molecule has 0 aliphatic carbocycles. The highest BCUT2D eigenvalue weighted by molar-refractivity contribution is 5.92. The molecule has 0 spiro atoms. The summed E-state index contributed by atoms with van der Waals surface area (Å²) in [5, 5.41) is 5.98. The van der Waals surface area contributed by atoms with Crippen molar-refractivity contribution in [3.05, 3.63) is 83.6 Å². The van der Waals surface area contributed by atoms with Crippen LogP contribution in [0.1, 0.15) is 21.6 Å². The van der Waals surface area contributed by atoms with E-state index in [-0.39, 0.29) is 17.4 Å². The van der Waals surface area contributed by atoms with Gasteiger partial charge in [0, 0.05) is 24.7 Å². The van der Waals surface area contributed by atoms with E-state index in [0.29, 0.717) is 25.3 Å². The molecule has 0 bridgehead atoms. The lowest BCUT2D eigenvalue weighted by atomic mass is 10.1. The molecular weight excluding hydrogens is 359 g/mol. The van der Waals surface area contributed by atoms with Crippen molar-refractivity contribution < 1.29 is 13.9 Å². The predicted molar refractivity (Wildman–Crippen MR) is 105 cm³/mol. The van der Waals surface area contributed by atoms with Gasteiger partial charge in [-0.3, -0.25) is 4.79 Å². The zero-order valence-corrected chi connectivity index (χ0v) is 15.5. The molecule has 28 heavy (non-hydrogen) atoms. The zero-order valence-electron chi connectivity index (χ0n) is 15.5. The molecule has 0 radical (unpaired) electrons. The monoisotopic (exact) mass is 380 g/mol. The smallest absolute Gasteiger partial charge is 0.270 e. The Kier molecular flexibility index (Phi) is 6.51. The second kappa shape index (κ2) is 9.45. The standard InChI is InChI=1S/C21H21FN4O2/c1-28-19-5-3-2-4-16(19)13-24-20-12-18(25-14-26-20)21(27)23-11-10-15-6-8-17(22)9-7-15/h2-9,12,14H,10-11,13H2,1H3,(H,23,27)(H,24,25,26). The van der Waals surface area contributed by atoms with Crippen LogP contribution in [0.25, 0.3) is 0 Å². The van der Waals surface area contributed by atoms with Crippen LogP contribution in [0.2, 0.25) is 0 Å². The first kappa shape index (κ1) is 19.3. The molecule has 1 aromatic heterocycles. The number of anilines is 1. The zero-order chi connectivity index (χ0) is 19.8. The fraction of sp³-hybridized carbons (Fsp3) is 0.190. The Morgan fingerprint density at radius 2 is 1.89 bits per heavy atom. The van der Waals surface area contributed by atoms with Crippen LogP contribution >= 0.6 is 0 Å². The Balaban J connectivity index is 1.54. The third kappa shape index (κ3) is 5.26. The topological polar surface area (TPSA) is 76.1 Å². The summed E-state index contributed by atoms with van der Waals surface area (Å²) in [7, 11) is 1.62. The van der Waals surface area contributed by atoms with E-state index in [0.717, 1.165) is 16.9 Å². The van der Waals surface area contributed by atoms with E-state index in [1.807, 2.05) is 24.3 Å². The Bertz CT molecular complexity index is 932. The van der Waals surface area contributed by atoms with Crippen molar-refractivity contribution in [1.82, 2.24) is 15.3 Å². The van der Waals surface area contributed by atoms with Crippen LogP contribution in [0, 0.1) is 5.82 Å². The maximum absolute atomic E-state index is 12.9. The quantitative estimate of drug-likeness (QED) is 0.628. The summed E-state index contributed by atoms with van der Waals surface area (Å²) in [6.07, 6.45) is 1.95. The van der Waals surface area contributed by atoms with Crippen LogP contribution in [0.3, 0.4) is 0 Å². The van der Waals surface area contributed by atoms with Crippen molar-refractivity contribution >= 4 is 11.7 Å². The van der Waals surface area contributed by atoms with Crippen LogP contribution in [0.5, 0.6) is 5.75 Å². The van der Waals surface area contributed by atoms with Crippen molar-refractivity contribution in [3.63, 3.8) is 0 Å². The van der Waals surface area contributed by atoms with Crippen molar-refractivity contribution in [2.75, 3.05) is 19.0 Å². The van der Waals surface area contributed by atoms with E-state index in [1.54, 1.807) is 25.3 Å². The Morgan fingerprint density at radius 1 is 1.11 bits per heavy atom. The van der Waals surface area contributed by atoms with Gasteiger partial charge >= 0.3 is 0 Å². The molecule has 0 fully saturated rings.